The van der Waals surface area contributed by atoms with Gasteiger partial charge in [0.2, 0.25) is 0 Å². The van der Waals surface area contributed by atoms with Gasteiger partial charge in [-0.2, -0.15) is 0 Å². The minimum absolute atomic E-state index is 0.0135. The quantitative estimate of drug-likeness (QED) is 0.458. The van der Waals surface area contributed by atoms with Gasteiger partial charge in [-0.15, -0.1) is 0 Å². The number of ether oxygens (including phenoxy) is 1. The molecular formula is C22H17ClN4O2. The maximum Gasteiger partial charge on any atom is 0.146 e. The lowest BCUT2D eigenvalue weighted by Gasteiger charge is -2.11. The zero-order valence-corrected chi connectivity index (χ0v) is 16.0. The highest BCUT2D eigenvalue weighted by atomic mass is 35.5. The summed E-state index contributed by atoms with van der Waals surface area (Å²) in [5, 5.41) is 13.6. The molecule has 2 heterocycles. The minimum Gasteiger partial charge on any atom is -0.454 e. The molecule has 0 amide bonds. The fourth-order valence-corrected chi connectivity index (χ4v) is 3.02. The number of nitrogens with zero attached hydrogens (tertiary/aromatic N) is 3. The average Bonchev–Trinajstić information content (AvgIpc) is 2.75. The van der Waals surface area contributed by atoms with E-state index < -0.39 is 0 Å². The van der Waals surface area contributed by atoms with Crippen LogP contribution in [0.25, 0.3) is 17.0 Å². The summed E-state index contributed by atoms with van der Waals surface area (Å²) in [5.74, 6) is 1.81. The summed E-state index contributed by atoms with van der Waals surface area (Å²) in [5.41, 5.74) is 2.53. The second-order valence-electron chi connectivity index (χ2n) is 6.14. The summed E-state index contributed by atoms with van der Waals surface area (Å²) < 4.78 is 5.76. The van der Waals surface area contributed by atoms with Gasteiger partial charge in [0.1, 0.15) is 23.6 Å². The van der Waals surface area contributed by atoms with Crippen molar-refractivity contribution in [1.82, 2.24) is 15.0 Å². The number of fused-ring (bicyclic) bond motifs is 1. The van der Waals surface area contributed by atoms with Crippen LogP contribution in [-0.2, 0) is 0 Å². The Morgan fingerprint density at radius 1 is 1.10 bits per heavy atom. The maximum atomic E-state index is 8.98. The first-order chi connectivity index (χ1) is 14.2. The molecule has 144 valence electrons. The van der Waals surface area contributed by atoms with Gasteiger partial charge in [0, 0.05) is 17.3 Å². The Morgan fingerprint density at radius 3 is 2.83 bits per heavy atom. The molecule has 6 nitrogen and oxygen atoms in total. The smallest absolute Gasteiger partial charge is 0.146 e. The second-order valence-corrected chi connectivity index (χ2v) is 6.55. The van der Waals surface area contributed by atoms with Crippen LogP contribution in [0.3, 0.4) is 0 Å². The third kappa shape index (κ3) is 4.51. The van der Waals surface area contributed by atoms with Crippen molar-refractivity contribution in [3.63, 3.8) is 0 Å². The predicted molar refractivity (Wildman–Crippen MR) is 115 cm³/mol. The lowest BCUT2D eigenvalue weighted by molar-refractivity contribution is 0.343. The normalized spacial score (nSPS) is 11.1. The molecule has 0 radical (unpaired) electrons. The van der Waals surface area contributed by atoms with Gasteiger partial charge >= 0.3 is 0 Å². The lowest BCUT2D eigenvalue weighted by atomic mass is 10.1. The molecule has 0 fully saturated rings. The van der Waals surface area contributed by atoms with Crippen LogP contribution in [0.2, 0.25) is 5.02 Å². The molecule has 0 atom stereocenters. The molecule has 0 saturated carbocycles. The Balaban J connectivity index is 1.61. The molecular weight excluding hydrogens is 388 g/mol. The highest BCUT2D eigenvalue weighted by Crippen LogP contribution is 2.33. The molecule has 2 aromatic carbocycles. The number of hydrogen-bond acceptors (Lipinski definition) is 6. The van der Waals surface area contributed by atoms with Crippen LogP contribution in [0.15, 0.2) is 73.3 Å². The Morgan fingerprint density at radius 2 is 2.03 bits per heavy atom. The highest BCUT2D eigenvalue weighted by Gasteiger charge is 2.08. The fourth-order valence-electron chi connectivity index (χ4n) is 2.80. The number of halogens is 1. The number of hydrogen-bond donors (Lipinski definition) is 2. The fraction of sp³-hybridized carbons (Fsp3) is 0.0455. The molecule has 0 saturated heterocycles. The number of benzene rings is 2. The van der Waals surface area contributed by atoms with Crippen molar-refractivity contribution in [1.29, 1.82) is 0 Å². The van der Waals surface area contributed by atoms with E-state index in [2.05, 4.69) is 20.3 Å². The Kier molecular flexibility index (Phi) is 5.65. The van der Waals surface area contributed by atoms with Crippen molar-refractivity contribution in [2.24, 2.45) is 0 Å². The van der Waals surface area contributed by atoms with E-state index in [-0.39, 0.29) is 6.61 Å². The Hall–Kier alpha value is -3.48. The molecule has 0 aliphatic carbocycles. The summed E-state index contributed by atoms with van der Waals surface area (Å²) in [4.78, 5) is 12.7. The first kappa shape index (κ1) is 18.9. The molecule has 4 aromatic rings. The molecule has 0 aliphatic rings. The highest BCUT2D eigenvalue weighted by molar-refractivity contribution is 6.32. The van der Waals surface area contributed by atoms with Gasteiger partial charge < -0.3 is 15.2 Å². The molecule has 2 aromatic heterocycles. The van der Waals surface area contributed by atoms with Crippen molar-refractivity contribution in [2.45, 2.75) is 0 Å². The number of rotatable bonds is 6. The van der Waals surface area contributed by atoms with Gasteiger partial charge in [-0.3, -0.25) is 4.98 Å². The molecule has 2 N–H and O–H groups in total. The Labute approximate surface area is 172 Å². The van der Waals surface area contributed by atoms with Gasteiger partial charge in [-0.05, 0) is 48.0 Å². The van der Waals surface area contributed by atoms with Gasteiger partial charge in [0.25, 0.3) is 0 Å². The molecule has 0 bridgehead atoms. The molecule has 7 heteroatoms. The van der Waals surface area contributed by atoms with Gasteiger partial charge in [0.05, 0.1) is 23.3 Å². The van der Waals surface area contributed by atoms with E-state index in [1.165, 1.54) is 6.33 Å². The topological polar surface area (TPSA) is 80.2 Å². The van der Waals surface area contributed by atoms with E-state index >= 15 is 0 Å². The van der Waals surface area contributed by atoms with Crippen LogP contribution in [0, 0.1) is 0 Å². The van der Waals surface area contributed by atoms with E-state index in [0.717, 1.165) is 22.2 Å². The first-order valence-corrected chi connectivity index (χ1v) is 9.27. The predicted octanol–water partition coefficient (Wildman–Crippen LogP) is 5.22. The van der Waals surface area contributed by atoms with Gasteiger partial charge in [-0.1, -0.05) is 29.8 Å². The summed E-state index contributed by atoms with van der Waals surface area (Å²) in [6.07, 6.45) is 8.34. The number of aliphatic hydroxyl groups is 1. The van der Waals surface area contributed by atoms with Crippen LogP contribution in [-0.4, -0.2) is 26.7 Å². The van der Waals surface area contributed by atoms with E-state index in [1.807, 2.05) is 36.4 Å². The lowest BCUT2D eigenvalue weighted by Crippen LogP contribution is -1.97. The minimum atomic E-state index is -0.0135. The summed E-state index contributed by atoms with van der Waals surface area (Å²) in [6, 6.07) is 14.8. The second kappa shape index (κ2) is 8.68. The van der Waals surface area contributed by atoms with Crippen LogP contribution < -0.4 is 10.1 Å². The zero-order chi connectivity index (χ0) is 20.1. The van der Waals surface area contributed by atoms with Crippen molar-refractivity contribution in [2.75, 3.05) is 11.9 Å². The summed E-state index contributed by atoms with van der Waals surface area (Å²) >= 11 is 6.40. The Bertz CT molecular complexity index is 1170. The molecule has 4 rings (SSSR count). The number of aromatic nitrogens is 3. The molecule has 0 spiro atoms. The number of nitrogens with one attached hydrogen (secondary N) is 1. The van der Waals surface area contributed by atoms with Crippen molar-refractivity contribution >= 4 is 40.1 Å². The third-order valence-corrected chi connectivity index (χ3v) is 4.43. The van der Waals surface area contributed by atoms with Crippen molar-refractivity contribution < 1.29 is 9.84 Å². The number of anilines is 2. The van der Waals surface area contributed by atoms with Gasteiger partial charge in [0.15, 0.2) is 0 Å². The molecule has 29 heavy (non-hydrogen) atoms. The van der Waals surface area contributed by atoms with E-state index in [4.69, 9.17) is 21.4 Å². The SMILES string of the molecule is OCC=Cc1ccc2ncnc(Nc3ccc(Oc4cccnc4)c(Cl)c3)c2c1. The van der Waals surface area contributed by atoms with Gasteiger partial charge in [-0.25, -0.2) is 9.97 Å². The maximum absolute atomic E-state index is 8.98. The standard InChI is InChI=1S/C22H17ClN4O2/c23-19-12-16(6-8-21(19)29-17-4-1-9-24-13-17)27-22-18-11-15(3-2-10-28)5-7-20(18)25-14-26-22/h1-9,11-14,28H,10H2,(H,25,26,27). The number of pyridine rings is 1. The van der Waals surface area contributed by atoms with Crippen LogP contribution in [0.5, 0.6) is 11.5 Å². The number of aliphatic hydroxyl groups excluding tert-OH is 1. The summed E-state index contributed by atoms with van der Waals surface area (Å²) in [7, 11) is 0. The average molecular weight is 405 g/mol. The van der Waals surface area contributed by atoms with Crippen LogP contribution in [0.1, 0.15) is 5.56 Å². The van der Waals surface area contributed by atoms with E-state index in [1.54, 1.807) is 36.7 Å². The van der Waals surface area contributed by atoms with Crippen molar-refractivity contribution in [3.05, 3.63) is 83.9 Å². The monoisotopic (exact) mass is 404 g/mol. The van der Waals surface area contributed by atoms with Crippen LogP contribution in [0.4, 0.5) is 11.5 Å². The molecule has 0 aliphatic heterocycles. The van der Waals surface area contributed by atoms with Crippen LogP contribution >= 0.6 is 11.6 Å². The largest absolute Gasteiger partial charge is 0.454 e. The van der Waals surface area contributed by atoms with E-state index in [0.29, 0.717) is 22.3 Å². The molecule has 0 unspecified atom stereocenters. The third-order valence-electron chi connectivity index (χ3n) is 4.13. The first-order valence-electron chi connectivity index (χ1n) is 8.89. The van der Waals surface area contributed by atoms with E-state index in [9.17, 15) is 0 Å². The zero-order valence-electron chi connectivity index (χ0n) is 15.3. The summed E-state index contributed by atoms with van der Waals surface area (Å²) in [6.45, 7) is -0.0135. The van der Waals surface area contributed by atoms with Crippen molar-refractivity contribution in [3.8, 4) is 11.5 Å².